The second kappa shape index (κ2) is 8.13. The van der Waals surface area contributed by atoms with Crippen LogP contribution in [0.15, 0.2) is 71.3 Å². The fraction of sp³-hybridized carbons (Fsp3) is 0.176. The number of hydrogen-bond donors (Lipinski definition) is 0. The molecule has 0 amide bonds. The summed E-state index contributed by atoms with van der Waals surface area (Å²) in [5.74, 6) is 0. The van der Waals surface area contributed by atoms with Gasteiger partial charge >= 0.3 is 0 Å². The zero-order valence-corrected chi connectivity index (χ0v) is 11.3. The van der Waals surface area contributed by atoms with Crippen LogP contribution in [-0.2, 0) is 0 Å². The predicted octanol–water partition coefficient (Wildman–Crippen LogP) is 5.45. The summed E-state index contributed by atoms with van der Waals surface area (Å²) in [5, 5.41) is 1.16. The van der Waals surface area contributed by atoms with Crippen molar-refractivity contribution < 1.29 is 4.42 Å². The first-order valence-electron chi connectivity index (χ1n) is 6.30. The van der Waals surface area contributed by atoms with Crippen molar-refractivity contribution in [3.63, 3.8) is 0 Å². The van der Waals surface area contributed by atoms with Crippen LogP contribution < -0.4 is 0 Å². The van der Waals surface area contributed by atoms with Crippen molar-refractivity contribution in [1.82, 2.24) is 0 Å². The molecule has 94 valence electrons. The van der Waals surface area contributed by atoms with Crippen molar-refractivity contribution in [2.75, 3.05) is 0 Å². The molecule has 0 unspecified atom stereocenters. The molecule has 3 aromatic rings. The summed E-state index contributed by atoms with van der Waals surface area (Å²) in [6.07, 6.45) is 1.70. The molecule has 1 heterocycles. The number of rotatable bonds is 0. The summed E-state index contributed by atoms with van der Waals surface area (Å²) >= 11 is 0. The SMILES string of the molecule is CC.Cc1ccccc1.c1ccc2occc2c1. The molecule has 1 nitrogen and oxygen atoms in total. The molecule has 0 aliphatic heterocycles. The number of aryl methyl sites for hydroxylation is 1. The first-order chi connectivity index (χ1) is 8.86. The average Bonchev–Trinajstić information content (AvgIpc) is 2.91. The number of fused-ring (bicyclic) bond motifs is 1. The van der Waals surface area contributed by atoms with Crippen LogP contribution in [0.5, 0.6) is 0 Å². The smallest absolute Gasteiger partial charge is 0.133 e. The third kappa shape index (κ3) is 4.46. The quantitative estimate of drug-likeness (QED) is 0.509. The maximum atomic E-state index is 5.12. The van der Waals surface area contributed by atoms with Gasteiger partial charge in [0.15, 0.2) is 0 Å². The number of para-hydroxylation sites is 1. The maximum Gasteiger partial charge on any atom is 0.133 e. The van der Waals surface area contributed by atoms with Crippen LogP contribution >= 0.6 is 0 Å². The van der Waals surface area contributed by atoms with Crippen molar-refractivity contribution in [1.29, 1.82) is 0 Å². The highest BCUT2D eigenvalue weighted by molar-refractivity contribution is 5.76. The van der Waals surface area contributed by atoms with Crippen molar-refractivity contribution >= 4 is 11.0 Å². The highest BCUT2D eigenvalue weighted by atomic mass is 16.3. The molecule has 0 aliphatic carbocycles. The Morgan fingerprint density at radius 1 is 0.722 bits per heavy atom. The van der Waals surface area contributed by atoms with E-state index in [2.05, 4.69) is 19.1 Å². The van der Waals surface area contributed by atoms with E-state index in [4.69, 9.17) is 4.42 Å². The van der Waals surface area contributed by atoms with Crippen LogP contribution in [0.2, 0.25) is 0 Å². The van der Waals surface area contributed by atoms with Gasteiger partial charge in [-0.1, -0.05) is 67.9 Å². The Balaban J connectivity index is 0.000000163. The molecular formula is C17H20O. The molecule has 0 saturated heterocycles. The van der Waals surface area contributed by atoms with Crippen LogP contribution in [-0.4, -0.2) is 0 Å². The van der Waals surface area contributed by atoms with E-state index in [1.165, 1.54) is 5.56 Å². The first kappa shape index (κ1) is 14.0. The fourth-order valence-corrected chi connectivity index (χ4v) is 1.44. The lowest BCUT2D eigenvalue weighted by atomic mass is 10.2. The van der Waals surface area contributed by atoms with E-state index in [0.29, 0.717) is 0 Å². The van der Waals surface area contributed by atoms with Crippen molar-refractivity contribution in [3.8, 4) is 0 Å². The summed E-state index contributed by atoms with van der Waals surface area (Å²) in [6, 6.07) is 20.2. The predicted molar refractivity (Wildman–Crippen MR) is 78.7 cm³/mol. The van der Waals surface area contributed by atoms with Crippen LogP contribution in [0.3, 0.4) is 0 Å². The molecule has 0 saturated carbocycles. The van der Waals surface area contributed by atoms with E-state index >= 15 is 0 Å². The average molecular weight is 240 g/mol. The molecular weight excluding hydrogens is 220 g/mol. The lowest BCUT2D eigenvalue weighted by molar-refractivity contribution is 0.616. The van der Waals surface area contributed by atoms with Gasteiger partial charge in [0.05, 0.1) is 6.26 Å². The number of benzene rings is 2. The Hall–Kier alpha value is -2.02. The van der Waals surface area contributed by atoms with E-state index < -0.39 is 0 Å². The van der Waals surface area contributed by atoms with E-state index in [-0.39, 0.29) is 0 Å². The summed E-state index contributed by atoms with van der Waals surface area (Å²) in [4.78, 5) is 0. The van der Waals surface area contributed by atoms with Gasteiger partial charge < -0.3 is 4.42 Å². The Morgan fingerprint density at radius 3 is 1.89 bits per heavy atom. The zero-order chi connectivity index (χ0) is 13.2. The Labute approximate surface area is 109 Å². The van der Waals surface area contributed by atoms with Gasteiger partial charge in [-0.15, -0.1) is 0 Å². The minimum atomic E-state index is 0.956. The maximum absolute atomic E-state index is 5.12. The van der Waals surface area contributed by atoms with Gasteiger partial charge in [0.1, 0.15) is 5.58 Å². The highest BCUT2D eigenvalue weighted by Gasteiger charge is 1.89. The van der Waals surface area contributed by atoms with Gasteiger partial charge in [0.25, 0.3) is 0 Å². The topological polar surface area (TPSA) is 13.1 Å². The van der Waals surface area contributed by atoms with Crippen LogP contribution in [0.4, 0.5) is 0 Å². The summed E-state index contributed by atoms with van der Waals surface area (Å²) in [7, 11) is 0. The third-order valence-electron chi connectivity index (χ3n) is 2.30. The number of hydrogen-bond acceptors (Lipinski definition) is 1. The van der Waals surface area contributed by atoms with Crippen LogP contribution in [0.25, 0.3) is 11.0 Å². The molecule has 0 atom stereocenters. The molecule has 0 radical (unpaired) electrons. The van der Waals surface area contributed by atoms with Gasteiger partial charge in [-0.3, -0.25) is 0 Å². The standard InChI is InChI=1S/C8H6O.C7H8.C2H6/c1-2-4-8-7(3-1)5-6-9-8;1-7-5-3-2-4-6-7;1-2/h1-6H;2-6H,1H3;1-2H3. The second-order valence-electron chi connectivity index (χ2n) is 3.61. The fourth-order valence-electron chi connectivity index (χ4n) is 1.44. The lowest BCUT2D eigenvalue weighted by Crippen LogP contribution is -1.62. The molecule has 1 heteroatoms. The minimum absolute atomic E-state index is 0.956. The van der Waals surface area contributed by atoms with Crippen LogP contribution in [0, 0.1) is 6.92 Å². The van der Waals surface area contributed by atoms with Crippen molar-refractivity contribution in [3.05, 3.63) is 72.5 Å². The molecule has 0 aliphatic rings. The number of furan rings is 1. The molecule has 0 N–H and O–H groups in total. The summed E-state index contributed by atoms with van der Waals surface area (Å²) in [5.41, 5.74) is 2.28. The lowest BCUT2D eigenvalue weighted by Gasteiger charge is -1.82. The van der Waals surface area contributed by atoms with Gasteiger partial charge in [0, 0.05) is 5.39 Å². The molecule has 18 heavy (non-hydrogen) atoms. The Kier molecular flexibility index (Phi) is 6.34. The van der Waals surface area contributed by atoms with Gasteiger partial charge in [-0.05, 0) is 19.1 Å². The van der Waals surface area contributed by atoms with Gasteiger partial charge in [0.2, 0.25) is 0 Å². The summed E-state index contributed by atoms with van der Waals surface area (Å²) < 4.78 is 5.12. The molecule has 2 aromatic carbocycles. The zero-order valence-electron chi connectivity index (χ0n) is 11.3. The summed E-state index contributed by atoms with van der Waals surface area (Å²) in [6.45, 7) is 6.08. The second-order valence-corrected chi connectivity index (χ2v) is 3.61. The molecule has 0 bridgehead atoms. The third-order valence-corrected chi connectivity index (χ3v) is 2.30. The molecule has 0 fully saturated rings. The molecule has 1 aromatic heterocycles. The van der Waals surface area contributed by atoms with Gasteiger partial charge in [-0.2, -0.15) is 0 Å². The normalized spacial score (nSPS) is 8.83. The van der Waals surface area contributed by atoms with E-state index in [1.54, 1.807) is 6.26 Å². The van der Waals surface area contributed by atoms with E-state index in [9.17, 15) is 0 Å². The first-order valence-corrected chi connectivity index (χ1v) is 6.30. The van der Waals surface area contributed by atoms with Crippen LogP contribution in [0.1, 0.15) is 19.4 Å². The largest absolute Gasteiger partial charge is 0.464 e. The molecule has 0 spiro atoms. The van der Waals surface area contributed by atoms with E-state index in [1.807, 2.05) is 62.4 Å². The van der Waals surface area contributed by atoms with Crippen molar-refractivity contribution in [2.24, 2.45) is 0 Å². The van der Waals surface area contributed by atoms with Crippen molar-refractivity contribution in [2.45, 2.75) is 20.8 Å². The van der Waals surface area contributed by atoms with Gasteiger partial charge in [-0.25, -0.2) is 0 Å². The molecule has 3 rings (SSSR count). The highest BCUT2D eigenvalue weighted by Crippen LogP contribution is 2.12. The van der Waals surface area contributed by atoms with E-state index in [0.717, 1.165) is 11.0 Å². The Bertz CT molecular complexity index is 507. The Morgan fingerprint density at radius 2 is 1.33 bits per heavy atom. The monoisotopic (exact) mass is 240 g/mol. The minimum Gasteiger partial charge on any atom is -0.464 e.